The summed E-state index contributed by atoms with van der Waals surface area (Å²) in [5.74, 6) is -0.338. The van der Waals surface area contributed by atoms with Crippen LogP contribution in [0.15, 0.2) is 69.9 Å². The van der Waals surface area contributed by atoms with Crippen LogP contribution in [0.4, 0.5) is 5.13 Å². The first-order chi connectivity index (χ1) is 17.4. The monoisotopic (exact) mass is 552 g/mol. The molecule has 11 heteroatoms. The summed E-state index contributed by atoms with van der Waals surface area (Å²) < 4.78 is 31.0. The van der Waals surface area contributed by atoms with E-state index in [-0.39, 0.29) is 10.8 Å². The molecule has 1 N–H and O–H groups in total. The summed E-state index contributed by atoms with van der Waals surface area (Å²) in [5.41, 5.74) is 4.31. The summed E-state index contributed by atoms with van der Waals surface area (Å²) >= 11 is 4.63. The van der Waals surface area contributed by atoms with Crippen molar-refractivity contribution < 1.29 is 13.2 Å². The van der Waals surface area contributed by atoms with Crippen LogP contribution >= 0.6 is 34.4 Å². The van der Waals surface area contributed by atoms with Gasteiger partial charge in [-0.05, 0) is 60.2 Å². The minimum absolute atomic E-state index is 0.176. The molecule has 182 valence electrons. The van der Waals surface area contributed by atoms with Crippen molar-refractivity contribution >= 4 is 75.9 Å². The van der Waals surface area contributed by atoms with Gasteiger partial charge < -0.3 is 0 Å². The third kappa shape index (κ3) is 4.20. The first-order valence-corrected chi connectivity index (χ1v) is 15.4. The zero-order valence-electron chi connectivity index (χ0n) is 19.1. The number of nitrogens with zero attached hydrogens (tertiary/aromatic N) is 3. The van der Waals surface area contributed by atoms with Gasteiger partial charge in [0.2, 0.25) is 10.0 Å². The van der Waals surface area contributed by atoms with Crippen LogP contribution in [0.5, 0.6) is 0 Å². The van der Waals surface area contributed by atoms with Gasteiger partial charge in [-0.2, -0.15) is 4.31 Å². The number of carbonyl (C=O) groups excluding carboxylic acids is 1. The standard InChI is InChI=1S/C25H20N4O3S4/c1-33-25-27-20-11-10-19-21(22(20)35-25)34-24(26-19)28-23(30)16-6-8-18(9-7-16)36(31,32)29-13-12-15-4-2-3-5-17(15)14-29/h2-11H,12-14H2,1H3,(H,26,28,30). The molecule has 36 heavy (non-hydrogen) atoms. The van der Waals surface area contributed by atoms with Crippen molar-refractivity contribution in [2.24, 2.45) is 0 Å². The molecule has 0 fully saturated rings. The number of nitrogens with one attached hydrogen (secondary N) is 1. The van der Waals surface area contributed by atoms with Gasteiger partial charge >= 0.3 is 0 Å². The van der Waals surface area contributed by atoms with Gasteiger partial charge in [-0.3, -0.25) is 10.1 Å². The molecule has 5 aromatic rings. The van der Waals surface area contributed by atoms with Crippen molar-refractivity contribution in [2.75, 3.05) is 18.1 Å². The number of anilines is 1. The van der Waals surface area contributed by atoms with Crippen molar-refractivity contribution in [1.82, 2.24) is 14.3 Å². The minimum atomic E-state index is -3.66. The number of carbonyl (C=O) groups is 1. The van der Waals surface area contributed by atoms with Gasteiger partial charge in [-0.1, -0.05) is 47.4 Å². The Kier molecular flexibility index (Phi) is 6.05. The van der Waals surface area contributed by atoms with Gasteiger partial charge in [0.05, 0.1) is 25.3 Å². The molecule has 1 aliphatic heterocycles. The van der Waals surface area contributed by atoms with Crippen LogP contribution in [-0.2, 0) is 23.0 Å². The average Bonchev–Trinajstić information content (AvgIpc) is 3.51. The van der Waals surface area contributed by atoms with Crippen LogP contribution in [-0.4, -0.2) is 41.4 Å². The number of hydrogen-bond acceptors (Lipinski definition) is 8. The second-order valence-electron chi connectivity index (χ2n) is 8.30. The quantitative estimate of drug-likeness (QED) is 0.284. The molecule has 0 saturated carbocycles. The molecular weight excluding hydrogens is 533 g/mol. The first-order valence-electron chi connectivity index (χ1n) is 11.1. The van der Waals surface area contributed by atoms with Crippen LogP contribution in [0.2, 0.25) is 0 Å². The van der Waals surface area contributed by atoms with E-state index in [1.807, 2.05) is 42.7 Å². The Morgan fingerprint density at radius 2 is 1.64 bits per heavy atom. The van der Waals surface area contributed by atoms with Crippen LogP contribution in [0.25, 0.3) is 20.4 Å². The Balaban J connectivity index is 1.20. The number of amides is 1. The second-order valence-corrected chi connectivity index (χ2v) is 13.3. The van der Waals surface area contributed by atoms with E-state index in [0.717, 1.165) is 30.3 Å². The van der Waals surface area contributed by atoms with E-state index < -0.39 is 10.0 Å². The molecule has 1 amide bonds. The Bertz CT molecular complexity index is 1730. The summed E-state index contributed by atoms with van der Waals surface area (Å²) in [4.78, 5) is 22.2. The number of thioether (sulfide) groups is 1. The average molecular weight is 553 g/mol. The molecule has 2 aromatic heterocycles. The van der Waals surface area contributed by atoms with Gasteiger partial charge in [0.15, 0.2) is 9.47 Å². The van der Waals surface area contributed by atoms with Gasteiger partial charge in [-0.15, -0.1) is 11.3 Å². The fourth-order valence-electron chi connectivity index (χ4n) is 4.27. The van der Waals surface area contributed by atoms with Gasteiger partial charge in [0.1, 0.15) is 0 Å². The van der Waals surface area contributed by atoms with Crippen molar-refractivity contribution in [3.8, 4) is 0 Å². The molecule has 0 saturated heterocycles. The number of sulfonamides is 1. The van der Waals surface area contributed by atoms with Crippen LogP contribution < -0.4 is 5.32 Å². The number of aromatic nitrogens is 2. The predicted molar refractivity (Wildman–Crippen MR) is 147 cm³/mol. The van der Waals surface area contributed by atoms with E-state index in [2.05, 4.69) is 15.3 Å². The molecule has 3 aromatic carbocycles. The highest BCUT2D eigenvalue weighted by atomic mass is 32.2. The summed E-state index contributed by atoms with van der Waals surface area (Å²) in [6.45, 7) is 0.786. The van der Waals surface area contributed by atoms with E-state index in [1.165, 1.54) is 33.3 Å². The van der Waals surface area contributed by atoms with Crippen LogP contribution in [0, 0.1) is 0 Å². The number of hydrogen-bond donors (Lipinski definition) is 1. The highest BCUT2D eigenvalue weighted by molar-refractivity contribution is 8.00. The lowest BCUT2D eigenvalue weighted by Crippen LogP contribution is -2.35. The molecule has 1 aliphatic rings. The normalized spacial score (nSPS) is 14.2. The molecular formula is C25H20N4O3S4. The van der Waals surface area contributed by atoms with Crippen molar-refractivity contribution in [1.29, 1.82) is 0 Å². The Morgan fingerprint density at radius 1 is 0.944 bits per heavy atom. The molecule has 6 rings (SSSR count). The first kappa shape index (κ1) is 23.6. The van der Waals surface area contributed by atoms with Gasteiger partial charge in [0, 0.05) is 18.7 Å². The smallest absolute Gasteiger partial charge is 0.257 e. The molecule has 0 aliphatic carbocycles. The molecule has 0 bridgehead atoms. The zero-order valence-corrected chi connectivity index (χ0v) is 22.4. The molecule has 0 spiro atoms. The Hall–Kier alpha value is -2.83. The largest absolute Gasteiger partial charge is 0.298 e. The topological polar surface area (TPSA) is 92.3 Å². The minimum Gasteiger partial charge on any atom is -0.298 e. The summed E-state index contributed by atoms with van der Waals surface area (Å²) in [6, 6.07) is 17.8. The van der Waals surface area contributed by atoms with Gasteiger partial charge in [0.25, 0.3) is 5.91 Å². The predicted octanol–water partition coefficient (Wildman–Crippen LogP) is 5.63. The third-order valence-corrected chi connectivity index (χ3v) is 11.2. The van der Waals surface area contributed by atoms with E-state index in [4.69, 9.17) is 0 Å². The lowest BCUT2D eigenvalue weighted by molar-refractivity contribution is 0.102. The maximum absolute atomic E-state index is 13.2. The number of benzene rings is 3. The Morgan fingerprint density at radius 3 is 2.39 bits per heavy atom. The molecule has 7 nitrogen and oxygen atoms in total. The lowest BCUT2D eigenvalue weighted by Gasteiger charge is -2.28. The van der Waals surface area contributed by atoms with Crippen molar-refractivity contribution in [3.63, 3.8) is 0 Å². The van der Waals surface area contributed by atoms with E-state index in [1.54, 1.807) is 35.2 Å². The maximum Gasteiger partial charge on any atom is 0.257 e. The molecule has 0 unspecified atom stereocenters. The molecule has 0 atom stereocenters. The van der Waals surface area contributed by atoms with Gasteiger partial charge in [-0.25, -0.2) is 18.4 Å². The molecule has 3 heterocycles. The summed E-state index contributed by atoms with van der Waals surface area (Å²) in [5, 5.41) is 3.34. The van der Waals surface area contributed by atoms with E-state index in [9.17, 15) is 13.2 Å². The molecule has 0 radical (unpaired) electrons. The Labute approximate surface area is 220 Å². The zero-order chi connectivity index (χ0) is 24.9. The second kappa shape index (κ2) is 9.24. The fraction of sp³-hybridized carbons (Fsp3) is 0.160. The SMILES string of the molecule is CSc1nc2ccc3nc(NC(=O)c4ccc(S(=O)(=O)N5CCc6ccccc6C5)cc4)sc3c2s1. The van der Waals surface area contributed by atoms with E-state index >= 15 is 0 Å². The third-order valence-electron chi connectivity index (χ3n) is 6.14. The summed E-state index contributed by atoms with van der Waals surface area (Å²) in [7, 11) is -3.66. The summed E-state index contributed by atoms with van der Waals surface area (Å²) in [6.07, 6.45) is 2.68. The van der Waals surface area contributed by atoms with E-state index in [0.29, 0.717) is 30.2 Å². The highest BCUT2D eigenvalue weighted by Gasteiger charge is 2.28. The number of rotatable bonds is 5. The number of thiazole rings is 2. The van der Waals surface area contributed by atoms with Crippen LogP contribution in [0.3, 0.4) is 0 Å². The van der Waals surface area contributed by atoms with Crippen LogP contribution in [0.1, 0.15) is 21.5 Å². The van der Waals surface area contributed by atoms with Crippen molar-refractivity contribution in [3.05, 3.63) is 77.4 Å². The number of fused-ring (bicyclic) bond motifs is 4. The van der Waals surface area contributed by atoms with Crippen molar-refractivity contribution in [2.45, 2.75) is 22.2 Å². The highest BCUT2D eigenvalue weighted by Crippen LogP contribution is 2.38. The maximum atomic E-state index is 13.2. The fourth-order valence-corrected chi connectivity index (χ4v) is 8.34. The lowest BCUT2D eigenvalue weighted by atomic mass is 10.0.